The maximum absolute atomic E-state index is 11.5. The van der Waals surface area contributed by atoms with E-state index in [1.807, 2.05) is 0 Å². The summed E-state index contributed by atoms with van der Waals surface area (Å²) in [7, 11) is 1.77. The number of nitrogen functional groups attached to an aromatic ring is 1. The number of nitrogens with zero attached hydrogens (tertiary/aromatic N) is 3. The van der Waals surface area contributed by atoms with Crippen LogP contribution in [0.4, 0.5) is 5.95 Å². The van der Waals surface area contributed by atoms with Crippen LogP contribution in [0.3, 0.4) is 0 Å². The normalized spacial score (nSPS) is 10.6. The molecule has 0 spiro atoms. The topological polar surface area (TPSA) is 83.0 Å². The van der Waals surface area contributed by atoms with Gasteiger partial charge in [-0.1, -0.05) is 0 Å². The van der Waals surface area contributed by atoms with Crippen molar-refractivity contribution < 1.29 is 9.53 Å². The van der Waals surface area contributed by atoms with Gasteiger partial charge in [-0.2, -0.15) is 0 Å². The van der Waals surface area contributed by atoms with Crippen LogP contribution in [0.1, 0.15) is 17.3 Å². The fourth-order valence-corrected chi connectivity index (χ4v) is 1.42. The summed E-state index contributed by atoms with van der Waals surface area (Å²) >= 11 is 0. The SMILES string of the molecule is CCOC(=O)c1cnc2c(c1)nc(N)n2C. The number of ether oxygens (including phenoxy) is 1. The predicted octanol–water partition coefficient (Wildman–Crippen LogP) is 0.727. The Morgan fingerprint density at radius 1 is 1.62 bits per heavy atom. The van der Waals surface area contributed by atoms with E-state index in [1.165, 1.54) is 6.20 Å². The summed E-state index contributed by atoms with van der Waals surface area (Å²) in [6, 6.07) is 1.62. The van der Waals surface area contributed by atoms with Crippen molar-refractivity contribution >= 4 is 23.1 Å². The zero-order valence-corrected chi connectivity index (χ0v) is 9.10. The number of rotatable bonds is 2. The maximum Gasteiger partial charge on any atom is 0.339 e. The Balaban J connectivity index is 2.48. The number of imidazole rings is 1. The van der Waals surface area contributed by atoms with Gasteiger partial charge < -0.3 is 10.5 Å². The monoisotopic (exact) mass is 220 g/mol. The van der Waals surface area contributed by atoms with E-state index in [-0.39, 0.29) is 0 Å². The van der Waals surface area contributed by atoms with Gasteiger partial charge >= 0.3 is 5.97 Å². The van der Waals surface area contributed by atoms with Crippen LogP contribution in [0.15, 0.2) is 12.3 Å². The minimum Gasteiger partial charge on any atom is -0.462 e. The van der Waals surface area contributed by atoms with Gasteiger partial charge in [-0.25, -0.2) is 14.8 Å². The molecule has 0 aliphatic heterocycles. The number of pyridine rings is 1. The van der Waals surface area contributed by atoms with Gasteiger partial charge in [0.2, 0.25) is 5.95 Å². The lowest BCUT2D eigenvalue weighted by molar-refractivity contribution is 0.0526. The zero-order valence-electron chi connectivity index (χ0n) is 9.10. The highest BCUT2D eigenvalue weighted by molar-refractivity contribution is 5.92. The molecule has 0 radical (unpaired) electrons. The number of esters is 1. The quantitative estimate of drug-likeness (QED) is 0.754. The van der Waals surface area contributed by atoms with Crippen molar-refractivity contribution in [1.29, 1.82) is 0 Å². The molecular weight excluding hydrogens is 208 g/mol. The number of nitrogens with two attached hydrogens (primary N) is 1. The largest absolute Gasteiger partial charge is 0.462 e. The van der Waals surface area contributed by atoms with Crippen LogP contribution in [-0.4, -0.2) is 27.1 Å². The van der Waals surface area contributed by atoms with E-state index in [4.69, 9.17) is 10.5 Å². The molecule has 16 heavy (non-hydrogen) atoms. The molecular formula is C10H12N4O2. The van der Waals surface area contributed by atoms with Gasteiger partial charge in [-0.05, 0) is 13.0 Å². The summed E-state index contributed by atoms with van der Waals surface area (Å²) in [5.41, 5.74) is 7.25. The molecule has 6 nitrogen and oxygen atoms in total. The third kappa shape index (κ3) is 1.58. The molecule has 6 heteroatoms. The molecule has 0 aromatic carbocycles. The molecule has 2 N–H and O–H groups in total. The second-order valence-electron chi connectivity index (χ2n) is 3.32. The maximum atomic E-state index is 11.5. The molecule has 0 aliphatic rings. The highest BCUT2D eigenvalue weighted by Crippen LogP contribution is 2.15. The Morgan fingerprint density at radius 2 is 2.38 bits per heavy atom. The first-order valence-electron chi connectivity index (χ1n) is 4.88. The van der Waals surface area contributed by atoms with Crippen LogP contribution in [-0.2, 0) is 11.8 Å². The minimum absolute atomic E-state index is 0.335. The summed E-state index contributed by atoms with van der Waals surface area (Å²) in [4.78, 5) is 19.7. The van der Waals surface area contributed by atoms with Crippen molar-refractivity contribution in [3.05, 3.63) is 17.8 Å². The van der Waals surface area contributed by atoms with Crippen LogP contribution < -0.4 is 5.73 Å². The average Bonchev–Trinajstić information content (AvgIpc) is 2.55. The third-order valence-electron chi connectivity index (χ3n) is 2.25. The Bertz CT molecular complexity index is 547. The van der Waals surface area contributed by atoms with Gasteiger partial charge in [-0.15, -0.1) is 0 Å². The Kier molecular flexibility index (Phi) is 2.47. The molecule has 0 saturated carbocycles. The number of carbonyl (C=O) groups is 1. The van der Waals surface area contributed by atoms with E-state index in [0.717, 1.165) is 0 Å². The number of carbonyl (C=O) groups excluding carboxylic acids is 1. The van der Waals surface area contributed by atoms with Crippen LogP contribution in [0.5, 0.6) is 0 Å². The highest BCUT2D eigenvalue weighted by Gasteiger charge is 2.11. The van der Waals surface area contributed by atoms with Crippen molar-refractivity contribution in [2.75, 3.05) is 12.3 Å². The molecule has 0 amide bonds. The molecule has 0 fully saturated rings. The molecule has 2 aromatic rings. The lowest BCUT2D eigenvalue weighted by Gasteiger charge is -2.00. The molecule has 0 bridgehead atoms. The number of hydrogen-bond donors (Lipinski definition) is 1. The van der Waals surface area contributed by atoms with Crippen molar-refractivity contribution in [2.45, 2.75) is 6.92 Å². The van der Waals surface area contributed by atoms with Crippen molar-refractivity contribution in [2.24, 2.45) is 7.05 Å². The molecule has 0 atom stereocenters. The Morgan fingerprint density at radius 3 is 3.06 bits per heavy atom. The summed E-state index contributed by atoms with van der Waals surface area (Å²) in [6.45, 7) is 2.09. The summed E-state index contributed by atoms with van der Waals surface area (Å²) in [6.07, 6.45) is 1.46. The van der Waals surface area contributed by atoms with E-state index in [1.54, 1.807) is 24.6 Å². The number of anilines is 1. The van der Waals surface area contributed by atoms with Crippen molar-refractivity contribution in [3.8, 4) is 0 Å². The van der Waals surface area contributed by atoms with Gasteiger partial charge in [0.1, 0.15) is 5.52 Å². The lowest BCUT2D eigenvalue weighted by atomic mass is 10.3. The minimum atomic E-state index is -0.402. The number of aryl methyl sites for hydroxylation is 1. The summed E-state index contributed by atoms with van der Waals surface area (Å²) in [5.74, 6) is -0.0374. The highest BCUT2D eigenvalue weighted by atomic mass is 16.5. The van der Waals surface area contributed by atoms with E-state index in [2.05, 4.69) is 9.97 Å². The van der Waals surface area contributed by atoms with E-state index in [0.29, 0.717) is 29.3 Å². The Labute approximate surface area is 92.0 Å². The standard InChI is InChI=1S/C10H12N4O2/c1-3-16-9(15)6-4-7-8(12-5-6)14(2)10(11)13-7/h4-5H,3H2,1-2H3,(H2,11,13). The molecule has 2 heterocycles. The fraction of sp³-hybridized carbons (Fsp3) is 0.300. The molecule has 2 rings (SSSR count). The molecule has 2 aromatic heterocycles. The lowest BCUT2D eigenvalue weighted by Crippen LogP contribution is -2.05. The van der Waals surface area contributed by atoms with E-state index < -0.39 is 5.97 Å². The smallest absolute Gasteiger partial charge is 0.339 e. The summed E-state index contributed by atoms with van der Waals surface area (Å²) in [5, 5.41) is 0. The van der Waals surface area contributed by atoms with E-state index >= 15 is 0 Å². The second kappa shape index (κ2) is 3.80. The second-order valence-corrected chi connectivity index (χ2v) is 3.32. The zero-order chi connectivity index (χ0) is 11.7. The van der Waals surface area contributed by atoms with Crippen LogP contribution in [0.2, 0.25) is 0 Å². The molecule has 84 valence electrons. The first-order valence-corrected chi connectivity index (χ1v) is 4.88. The Hall–Kier alpha value is -2.11. The molecule has 0 unspecified atom stereocenters. The molecule has 0 aliphatic carbocycles. The average molecular weight is 220 g/mol. The van der Waals surface area contributed by atoms with Crippen molar-refractivity contribution in [1.82, 2.24) is 14.5 Å². The predicted molar refractivity (Wildman–Crippen MR) is 58.9 cm³/mol. The van der Waals surface area contributed by atoms with Gasteiger partial charge in [0, 0.05) is 13.2 Å². The van der Waals surface area contributed by atoms with Gasteiger partial charge in [0.05, 0.1) is 12.2 Å². The first-order chi connectivity index (χ1) is 7.63. The van der Waals surface area contributed by atoms with Crippen LogP contribution >= 0.6 is 0 Å². The van der Waals surface area contributed by atoms with E-state index in [9.17, 15) is 4.79 Å². The van der Waals surface area contributed by atoms with Crippen LogP contribution in [0.25, 0.3) is 11.2 Å². The van der Waals surface area contributed by atoms with Gasteiger partial charge in [0.15, 0.2) is 5.65 Å². The third-order valence-corrected chi connectivity index (χ3v) is 2.25. The number of fused-ring (bicyclic) bond motifs is 1. The van der Waals surface area contributed by atoms with Crippen molar-refractivity contribution in [3.63, 3.8) is 0 Å². The number of aromatic nitrogens is 3. The summed E-state index contributed by atoms with van der Waals surface area (Å²) < 4.78 is 6.53. The number of hydrogen-bond acceptors (Lipinski definition) is 5. The van der Waals surface area contributed by atoms with Gasteiger partial charge in [0.25, 0.3) is 0 Å². The molecule has 0 saturated heterocycles. The first kappa shape index (κ1) is 10.4. The van der Waals surface area contributed by atoms with Crippen LogP contribution in [0, 0.1) is 0 Å². The fourth-order valence-electron chi connectivity index (χ4n) is 1.42. The van der Waals surface area contributed by atoms with Gasteiger partial charge in [-0.3, -0.25) is 4.57 Å².